The lowest BCUT2D eigenvalue weighted by atomic mass is 9.94. The van der Waals surface area contributed by atoms with Gasteiger partial charge in [-0.15, -0.1) is 0 Å². The van der Waals surface area contributed by atoms with Crippen molar-refractivity contribution in [3.05, 3.63) is 153 Å². The van der Waals surface area contributed by atoms with Gasteiger partial charge in [-0.3, -0.25) is 9.97 Å². The van der Waals surface area contributed by atoms with E-state index in [0.717, 1.165) is 57.7 Å². The lowest BCUT2D eigenvalue weighted by Crippen LogP contribution is -2.13. The fraction of sp³-hybridized carbons (Fsp3) is 0.167. The summed E-state index contributed by atoms with van der Waals surface area (Å²) in [5.41, 5.74) is 5.33. The molecule has 228 valence electrons. The molecule has 0 saturated carbocycles. The highest BCUT2D eigenvalue weighted by Crippen LogP contribution is 2.39. The number of pyridine rings is 2. The maximum Gasteiger partial charge on any atom is 0.159 e. The minimum atomic E-state index is -4.39. The van der Waals surface area contributed by atoms with Crippen molar-refractivity contribution in [3.63, 3.8) is 0 Å². The van der Waals surface area contributed by atoms with Gasteiger partial charge in [0.2, 0.25) is 0 Å². The number of nitrogens with zero attached hydrogens (tertiary/aromatic N) is 2. The normalized spacial score (nSPS) is 14.7. The third kappa shape index (κ3) is 6.31. The first-order chi connectivity index (χ1) is 21.5. The number of benzene rings is 2. The number of hydrogen-bond acceptors (Lipinski definition) is 4. The predicted molar refractivity (Wildman–Crippen MR) is 168 cm³/mol. The zero-order valence-electron chi connectivity index (χ0n) is 24.5. The monoisotopic (exact) mass is 628 g/mol. The van der Waals surface area contributed by atoms with Crippen LogP contribution in [-0.4, -0.2) is 18.4 Å². The molecular weight excluding hydrogens is 600 g/mol. The Morgan fingerprint density at radius 3 is 1.20 bits per heavy atom. The van der Waals surface area contributed by atoms with Gasteiger partial charge in [-0.2, -0.15) is 0 Å². The number of rotatable bonds is 8. The lowest BCUT2D eigenvalue weighted by Gasteiger charge is -2.14. The Kier molecular flexibility index (Phi) is 8.14. The summed E-state index contributed by atoms with van der Waals surface area (Å²) in [6.07, 6.45) is 15.4. The Bertz CT molecular complexity index is 1910. The molecule has 2 aliphatic rings. The summed E-state index contributed by atoms with van der Waals surface area (Å²) in [7, 11) is -4.39. The highest BCUT2D eigenvalue weighted by molar-refractivity contribution is 7.89. The molecule has 0 radical (unpaired) electrons. The van der Waals surface area contributed by atoms with Crippen molar-refractivity contribution in [1.82, 2.24) is 9.97 Å². The van der Waals surface area contributed by atoms with E-state index in [9.17, 15) is 8.42 Å². The van der Waals surface area contributed by atoms with Crippen LogP contribution in [0.3, 0.4) is 0 Å². The fourth-order valence-corrected chi connectivity index (χ4v) is 7.34. The third-order valence-electron chi connectivity index (χ3n) is 7.87. The Balaban J connectivity index is 1.22. The Labute approximate surface area is 259 Å². The van der Waals surface area contributed by atoms with Crippen LogP contribution in [-0.2, 0) is 21.3 Å². The molecule has 9 heteroatoms. The minimum Gasteiger partial charge on any atom is -0.264 e. The number of hydrogen-bond donors (Lipinski definition) is 0. The number of aryl methyl sites for hydroxylation is 2. The van der Waals surface area contributed by atoms with E-state index in [4.69, 9.17) is 0 Å². The largest absolute Gasteiger partial charge is 0.264 e. The van der Waals surface area contributed by atoms with Crippen LogP contribution >= 0.6 is 0 Å². The molecule has 0 aliphatic heterocycles. The summed E-state index contributed by atoms with van der Waals surface area (Å²) in [5, 5.41) is 0. The smallest absolute Gasteiger partial charge is 0.159 e. The van der Waals surface area contributed by atoms with Crippen LogP contribution in [0.4, 0.5) is 17.6 Å². The average Bonchev–Trinajstić information content (AvgIpc) is 3.68. The molecule has 0 atom stereocenters. The Morgan fingerprint density at radius 1 is 0.533 bits per heavy atom. The van der Waals surface area contributed by atoms with Gasteiger partial charge in [0.05, 0.1) is 11.5 Å². The topological polar surface area (TPSA) is 59.9 Å². The van der Waals surface area contributed by atoms with Crippen LogP contribution in [0.2, 0.25) is 0 Å². The molecule has 2 aromatic heterocycles. The lowest BCUT2D eigenvalue weighted by molar-refractivity contribution is 0.547. The van der Waals surface area contributed by atoms with Crippen molar-refractivity contribution >= 4 is 32.1 Å². The third-order valence-corrected chi connectivity index (χ3v) is 9.33. The molecule has 2 heterocycles. The van der Waals surface area contributed by atoms with Gasteiger partial charge < -0.3 is 0 Å². The quantitative estimate of drug-likeness (QED) is 0.184. The van der Waals surface area contributed by atoms with E-state index in [1.165, 1.54) is 0 Å². The summed E-state index contributed by atoms with van der Waals surface area (Å²) in [6.45, 7) is 3.78. The van der Waals surface area contributed by atoms with Crippen molar-refractivity contribution in [2.75, 3.05) is 0 Å². The van der Waals surface area contributed by atoms with Gasteiger partial charge in [0.1, 0.15) is 23.3 Å². The van der Waals surface area contributed by atoms with Gasteiger partial charge in [0.25, 0.3) is 0 Å². The van der Waals surface area contributed by atoms with Crippen molar-refractivity contribution in [1.29, 1.82) is 0 Å². The zero-order chi connectivity index (χ0) is 31.9. The fourth-order valence-electron chi connectivity index (χ4n) is 5.81. The molecule has 0 amide bonds. The summed E-state index contributed by atoms with van der Waals surface area (Å²) >= 11 is 0. The standard InChI is InChI=1S/C36H28F4N2O2S/c1-21-9-25(17-41-15-21)29-7-3-5-27(29)23-11-33(37)31(34(38)12-23)19-45(43,44)20-32-35(39)13-24(14-36(32)40)28-6-4-8-30(28)26-10-22(2)16-42-18-26/h5-18H,3-4,19-20H2,1-2H3. The highest BCUT2D eigenvalue weighted by atomic mass is 32.2. The molecule has 2 aliphatic carbocycles. The minimum absolute atomic E-state index is 0.250. The van der Waals surface area contributed by atoms with E-state index in [1.54, 1.807) is 24.8 Å². The van der Waals surface area contributed by atoms with E-state index in [2.05, 4.69) is 9.97 Å². The number of allylic oxidation sites excluding steroid dienone is 8. The van der Waals surface area contributed by atoms with Gasteiger partial charge in [0.15, 0.2) is 9.84 Å². The maximum atomic E-state index is 15.3. The van der Waals surface area contributed by atoms with E-state index in [1.807, 2.05) is 50.3 Å². The molecule has 45 heavy (non-hydrogen) atoms. The van der Waals surface area contributed by atoms with Crippen LogP contribution < -0.4 is 0 Å². The van der Waals surface area contributed by atoms with E-state index in [-0.39, 0.29) is 11.1 Å². The van der Waals surface area contributed by atoms with Crippen LogP contribution in [0.25, 0.3) is 22.3 Å². The second-order valence-corrected chi connectivity index (χ2v) is 13.4. The van der Waals surface area contributed by atoms with Gasteiger partial charge in [0, 0.05) is 47.0 Å². The van der Waals surface area contributed by atoms with Crippen molar-refractivity contribution < 1.29 is 26.0 Å². The Morgan fingerprint density at radius 2 is 0.867 bits per heavy atom. The van der Waals surface area contributed by atoms with Crippen LogP contribution in [0.5, 0.6) is 0 Å². The average molecular weight is 629 g/mol. The Hall–Kier alpha value is -4.63. The molecular formula is C36H28F4N2O2S. The molecule has 0 fully saturated rings. The first kappa shape index (κ1) is 30.4. The summed E-state index contributed by atoms with van der Waals surface area (Å²) in [5.74, 6) is -6.36. The summed E-state index contributed by atoms with van der Waals surface area (Å²) in [4.78, 5) is 8.39. The van der Waals surface area contributed by atoms with Crippen LogP contribution in [0, 0.1) is 37.1 Å². The maximum absolute atomic E-state index is 15.3. The second-order valence-electron chi connectivity index (χ2n) is 11.3. The second kappa shape index (κ2) is 12.0. The highest BCUT2D eigenvalue weighted by Gasteiger charge is 2.26. The van der Waals surface area contributed by atoms with Crippen LogP contribution in [0.1, 0.15) is 57.3 Å². The number of halogens is 4. The first-order valence-electron chi connectivity index (χ1n) is 14.3. The van der Waals surface area contributed by atoms with Gasteiger partial charge in [-0.1, -0.05) is 24.3 Å². The number of sulfone groups is 1. The molecule has 4 nitrogen and oxygen atoms in total. The molecule has 0 bridgehead atoms. The van der Waals surface area contributed by atoms with Crippen LogP contribution in [0.15, 0.2) is 85.5 Å². The van der Waals surface area contributed by atoms with Gasteiger partial charge >= 0.3 is 0 Å². The van der Waals surface area contributed by atoms with Gasteiger partial charge in [-0.25, -0.2) is 26.0 Å². The molecule has 0 unspecified atom stereocenters. The van der Waals surface area contributed by atoms with E-state index < -0.39 is 55.7 Å². The molecule has 6 rings (SSSR count). The van der Waals surface area contributed by atoms with Crippen molar-refractivity contribution in [2.24, 2.45) is 0 Å². The molecule has 0 saturated heterocycles. The van der Waals surface area contributed by atoms with E-state index in [0.29, 0.717) is 24.0 Å². The first-order valence-corrected chi connectivity index (χ1v) is 16.1. The number of aromatic nitrogens is 2. The van der Waals surface area contributed by atoms with E-state index >= 15 is 17.6 Å². The zero-order valence-corrected chi connectivity index (χ0v) is 25.4. The molecule has 4 aromatic rings. The van der Waals surface area contributed by atoms with Gasteiger partial charge in [-0.05, 0) is 108 Å². The molecule has 2 aromatic carbocycles. The molecule has 0 N–H and O–H groups in total. The summed E-state index contributed by atoms with van der Waals surface area (Å²) < 4.78 is 87.3. The SMILES string of the molecule is Cc1cncc(C2=CCC=C2c2cc(F)c(CS(=O)(=O)Cc3c(F)cc(C4=CCC=C4c4cncc(C)c4)cc3F)c(F)c2)c1. The van der Waals surface area contributed by atoms with Crippen molar-refractivity contribution in [2.45, 2.75) is 38.2 Å². The summed E-state index contributed by atoms with van der Waals surface area (Å²) in [6, 6.07) is 8.17. The van der Waals surface area contributed by atoms with Crippen molar-refractivity contribution in [3.8, 4) is 0 Å². The molecule has 0 spiro atoms. The predicted octanol–water partition coefficient (Wildman–Crippen LogP) is 8.51.